The predicted octanol–water partition coefficient (Wildman–Crippen LogP) is 2.46. The number of hydrogen-bond acceptors (Lipinski definition) is 3. The van der Waals surface area contributed by atoms with Crippen molar-refractivity contribution in [2.75, 3.05) is 13.1 Å². The molecule has 0 aromatic carbocycles. The van der Waals surface area contributed by atoms with Crippen molar-refractivity contribution < 1.29 is 14.4 Å². The van der Waals surface area contributed by atoms with Gasteiger partial charge in [-0.15, -0.1) is 0 Å². The average Bonchev–Trinajstić information content (AvgIpc) is 2.84. The number of nitrogens with two attached hydrogens (primary N) is 1. The average molecular weight is 368 g/mol. The molecule has 3 N–H and O–H groups in total. The third-order valence-corrected chi connectivity index (χ3v) is 5.06. The molecule has 2 atom stereocenters. The summed E-state index contributed by atoms with van der Waals surface area (Å²) in [6.45, 7) is 9.57. The van der Waals surface area contributed by atoms with Gasteiger partial charge < -0.3 is 16.0 Å². The summed E-state index contributed by atoms with van der Waals surface area (Å²) in [5.74, 6) is -0.739. The summed E-state index contributed by atoms with van der Waals surface area (Å²) in [5, 5.41) is 2.93. The van der Waals surface area contributed by atoms with E-state index in [4.69, 9.17) is 5.73 Å². The minimum Gasteiger partial charge on any atom is -0.370 e. The van der Waals surface area contributed by atoms with E-state index in [2.05, 4.69) is 19.2 Å². The second-order valence-corrected chi connectivity index (χ2v) is 8.31. The number of hydrogen-bond donors (Lipinski definition) is 2. The largest absolute Gasteiger partial charge is 0.370 e. The Morgan fingerprint density at radius 3 is 2.00 bits per heavy atom. The molecule has 1 aliphatic heterocycles. The highest BCUT2D eigenvalue weighted by Crippen LogP contribution is 2.18. The quantitative estimate of drug-likeness (QED) is 0.655. The van der Waals surface area contributed by atoms with Gasteiger partial charge in [0.05, 0.1) is 0 Å². The highest BCUT2D eigenvalue weighted by molar-refractivity contribution is 5.90. The van der Waals surface area contributed by atoms with Gasteiger partial charge in [-0.1, -0.05) is 47.0 Å². The van der Waals surface area contributed by atoms with Crippen LogP contribution in [0, 0.1) is 17.8 Å². The van der Waals surface area contributed by atoms with E-state index in [9.17, 15) is 14.4 Å². The highest BCUT2D eigenvalue weighted by Gasteiger charge is 2.31. The first-order chi connectivity index (χ1) is 12.2. The maximum absolute atomic E-state index is 13.0. The molecular weight excluding hydrogens is 330 g/mol. The zero-order valence-corrected chi connectivity index (χ0v) is 16.9. The van der Waals surface area contributed by atoms with Crippen molar-refractivity contribution in [3.05, 3.63) is 0 Å². The molecule has 1 aliphatic rings. The summed E-state index contributed by atoms with van der Waals surface area (Å²) >= 11 is 0. The number of carbonyl (C=O) groups excluding carboxylic acids is 3. The van der Waals surface area contributed by atoms with E-state index >= 15 is 0 Å². The lowest BCUT2D eigenvalue weighted by Gasteiger charge is -2.30. The molecule has 1 heterocycles. The standard InChI is InChI=1S/C20H37N3O3/c1-14(2)9-10-16(13-17(21)24)19(25)22-18(15(3)4)20(26)23-11-7-5-6-8-12-23/h14-16,18H,5-13H2,1-4H3,(H2,21,24)(H,22,25)/t16-,18?/m1/s1. The number of carbonyl (C=O) groups is 3. The summed E-state index contributed by atoms with van der Waals surface area (Å²) in [7, 11) is 0. The van der Waals surface area contributed by atoms with Crippen LogP contribution in [0.15, 0.2) is 0 Å². The van der Waals surface area contributed by atoms with Gasteiger partial charge >= 0.3 is 0 Å². The fourth-order valence-electron chi connectivity index (χ4n) is 3.38. The fraction of sp³-hybridized carbons (Fsp3) is 0.850. The number of likely N-dealkylation sites (tertiary alicyclic amines) is 1. The van der Waals surface area contributed by atoms with Crippen LogP contribution in [0.3, 0.4) is 0 Å². The summed E-state index contributed by atoms with van der Waals surface area (Å²) in [6.07, 6.45) is 5.82. The van der Waals surface area contributed by atoms with Crippen LogP contribution >= 0.6 is 0 Å². The molecule has 0 aromatic heterocycles. The summed E-state index contributed by atoms with van der Waals surface area (Å²) in [5.41, 5.74) is 5.33. The Morgan fingerprint density at radius 1 is 0.962 bits per heavy atom. The molecule has 0 aliphatic carbocycles. The van der Waals surface area contributed by atoms with Gasteiger partial charge in [0.25, 0.3) is 0 Å². The molecule has 26 heavy (non-hydrogen) atoms. The molecular formula is C20H37N3O3. The van der Waals surface area contributed by atoms with Crippen molar-refractivity contribution in [1.29, 1.82) is 0 Å². The predicted molar refractivity (Wildman–Crippen MR) is 103 cm³/mol. The van der Waals surface area contributed by atoms with E-state index in [-0.39, 0.29) is 24.2 Å². The van der Waals surface area contributed by atoms with Crippen LogP contribution < -0.4 is 11.1 Å². The van der Waals surface area contributed by atoms with Gasteiger partial charge in [-0.25, -0.2) is 0 Å². The van der Waals surface area contributed by atoms with Crippen molar-refractivity contribution in [3.8, 4) is 0 Å². The van der Waals surface area contributed by atoms with E-state index < -0.39 is 17.9 Å². The zero-order chi connectivity index (χ0) is 19.7. The van der Waals surface area contributed by atoms with Gasteiger partial charge in [0.2, 0.25) is 17.7 Å². The van der Waals surface area contributed by atoms with Crippen molar-refractivity contribution in [1.82, 2.24) is 10.2 Å². The number of amides is 3. The molecule has 0 saturated carbocycles. The lowest BCUT2D eigenvalue weighted by Crippen LogP contribution is -2.53. The van der Waals surface area contributed by atoms with Crippen LogP contribution in [-0.2, 0) is 14.4 Å². The van der Waals surface area contributed by atoms with Crippen molar-refractivity contribution in [2.24, 2.45) is 23.5 Å². The van der Waals surface area contributed by atoms with Crippen LogP contribution in [0.4, 0.5) is 0 Å². The Labute approximate surface area is 158 Å². The Morgan fingerprint density at radius 2 is 1.54 bits per heavy atom. The van der Waals surface area contributed by atoms with Crippen LogP contribution in [0.25, 0.3) is 0 Å². The van der Waals surface area contributed by atoms with Crippen LogP contribution in [-0.4, -0.2) is 41.8 Å². The minimum absolute atomic E-state index is 0.00284. The minimum atomic E-state index is -0.546. The number of nitrogens with zero attached hydrogens (tertiary/aromatic N) is 1. The molecule has 0 aromatic rings. The summed E-state index contributed by atoms with van der Waals surface area (Å²) in [6, 6.07) is -0.546. The molecule has 0 radical (unpaired) electrons. The van der Waals surface area contributed by atoms with E-state index in [0.717, 1.165) is 45.2 Å². The van der Waals surface area contributed by atoms with Gasteiger partial charge in [-0.3, -0.25) is 14.4 Å². The third-order valence-electron chi connectivity index (χ3n) is 5.06. The van der Waals surface area contributed by atoms with E-state index in [1.807, 2.05) is 18.7 Å². The van der Waals surface area contributed by atoms with E-state index in [1.165, 1.54) is 0 Å². The second-order valence-electron chi connectivity index (χ2n) is 8.31. The molecule has 1 saturated heterocycles. The van der Waals surface area contributed by atoms with Gasteiger partial charge in [0, 0.05) is 25.4 Å². The second kappa shape index (κ2) is 11.2. The van der Waals surface area contributed by atoms with Gasteiger partial charge in [0.1, 0.15) is 6.04 Å². The molecule has 1 rings (SSSR count). The molecule has 3 amide bonds. The Hall–Kier alpha value is -1.59. The first-order valence-corrected chi connectivity index (χ1v) is 10.1. The number of nitrogens with one attached hydrogen (secondary N) is 1. The molecule has 6 nitrogen and oxygen atoms in total. The number of rotatable bonds is 9. The topological polar surface area (TPSA) is 92.5 Å². The molecule has 0 bridgehead atoms. The van der Waals surface area contributed by atoms with Gasteiger partial charge in [-0.2, -0.15) is 0 Å². The smallest absolute Gasteiger partial charge is 0.245 e. The van der Waals surface area contributed by atoms with Crippen LogP contribution in [0.5, 0.6) is 0 Å². The molecule has 150 valence electrons. The monoisotopic (exact) mass is 367 g/mol. The lowest BCUT2D eigenvalue weighted by atomic mass is 9.93. The van der Waals surface area contributed by atoms with E-state index in [1.54, 1.807) is 0 Å². The summed E-state index contributed by atoms with van der Waals surface area (Å²) in [4.78, 5) is 39.0. The zero-order valence-electron chi connectivity index (χ0n) is 16.9. The van der Waals surface area contributed by atoms with Crippen molar-refractivity contribution in [2.45, 2.75) is 78.7 Å². The highest BCUT2D eigenvalue weighted by atomic mass is 16.2. The van der Waals surface area contributed by atoms with Gasteiger partial charge in [-0.05, 0) is 31.1 Å². The lowest BCUT2D eigenvalue weighted by molar-refractivity contribution is -0.139. The van der Waals surface area contributed by atoms with E-state index in [0.29, 0.717) is 12.3 Å². The fourth-order valence-corrected chi connectivity index (χ4v) is 3.38. The third kappa shape index (κ3) is 7.75. The summed E-state index contributed by atoms with van der Waals surface area (Å²) < 4.78 is 0. The van der Waals surface area contributed by atoms with Crippen LogP contribution in [0.2, 0.25) is 0 Å². The normalized spacial score (nSPS) is 17.7. The van der Waals surface area contributed by atoms with Crippen molar-refractivity contribution in [3.63, 3.8) is 0 Å². The molecule has 1 unspecified atom stereocenters. The van der Waals surface area contributed by atoms with Gasteiger partial charge in [0.15, 0.2) is 0 Å². The molecule has 6 heteroatoms. The Kier molecular flexibility index (Phi) is 9.66. The molecule has 0 spiro atoms. The van der Waals surface area contributed by atoms with Crippen LogP contribution in [0.1, 0.15) is 72.6 Å². The maximum Gasteiger partial charge on any atom is 0.245 e. The first-order valence-electron chi connectivity index (χ1n) is 10.1. The van der Waals surface area contributed by atoms with Crippen molar-refractivity contribution >= 4 is 17.7 Å². The maximum atomic E-state index is 13.0. The SMILES string of the molecule is CC(C)CC[C@H](CC(N)=O)C(=O)NC(C(=O)N1CCCCCC1)C(C)C. The Balaban J connectivity index is 2.79. The number of primary amides is 1. The molecule has 1 fully saturated rings. The first kappa shape index (κ1) is 22.5. The Bertz CT molecular complexity index is 469.